The van der Waals surface area contributed by atoms with Crippen LogP contribution in [0.15, 0.2) is 42.5 Å². The minimum atomic E-state index is -3.40. The molecule has 182 valence electrons. The molecule has 0 amide bonds. The Morgan fingerprint density at radius 3 is 2.50 bits per heavy atom. The van der Waals surface area contributed by atoms with E-state index in [1.165, 1.54) is 29.7 Å². The Labute approximate surface area is 200 Å². The zero-order chi connectivity index (χ0) is 23.6. The molecular weight excluding hydrogens is 455 g/mol. The van der Waals surface area contributed by atoms with E-state index in [2.05, 4.69) is 16.9 Å². The molecule has 4 atom stereocenters. The first kappa shape index (κ1) is 22.3. The van der Waals surface area contributed by atoms with Crippen LogP contribution in [-0.2, 0) is 23.1 Å². The van der Waals surface area contributed by atoms with Crippen LogP contribution in [0.25, 0.3) is 0 Å². The Kier molecular flexibility index (Phi) is 5.21. The summed E-state index contributed by atoms with van der Waals surface area (Å²) in [6.45, 7) is 3.97. The second-order valence-corrected chi connectivity index (χ2v) is 12.0. The SMILES string of the molecule is CCCN1CC2(NS1(=O)=O)C1CCC13Cc1ccc(OCCOc4ccc(F)cc4)cc1CC32. The third-order valence-electron chi connectivity index (χ3n) is 8.66. The third-order valence-corrected chi connectivity index (χ3v) is 10.3. The molecule has 1 aliphatic heterocycles. The van der Waals surface area contributed by atoms with Gasteiger partial charge in [-0.3, -0.25) is 0 Å². The molecule has 0 radical (unpaired) electrons. The lowest BCUT2D eigenvalue weighted by atomic mass is 9.31. The van der Waals surface area contributed by atoms with Gasteiger partial charge in [-0.2, -0.15) is 17.4 Å². The highest BCUT2D eigenvalue weighted by Crippen LogP contribution is 2.74. The highest BCUT2D eigenvalue weighted by molar-refractivity contribution is 7.87. The summed E-state index contributed by atoms with van der Waals surface area (Å²) in [5.41, 5.74) is 2.58. The first-order chi connectivity index (χ1) is 16.4. The maximum Gasteiger partial charge on any atom is 0.280 e. The number of rotatable bonds is 7. The minimum absolute atomic E-state index is 0.253. The molecule has 6 nitrogen and oxygen atoms in total. The number of benzene rings is 2. The van der Waals surface area contributed by atoms with E-state index in [4.69, 9.17) is 9.47 Å². The summed E-state index contributed by atoms with van der Waals surface area (Å²) in [6.07, 6.45) is 5.05. The molecule has 1 saturated heterocycles. The largest absolute Gasteiger partial charge is 0.490 e. The molecule has 8 heteroatoms. The summed E-state index contributed by atoms with van der Waals surface area (Å²) < 4.78 is 55.0. The van der Waals surface area contributed by atoms with E-state index in [1.54, 1.807) is 16.4 Å². The van der Waals surface area contributed by atoms with Crippen LogP contribution in [0.4, 0.5) is 4.39 Å². The molecule has 1 heterocycles. The van der Waals surface area contributed by atoms with Crippen molar-refractivity contribution in [3.63, 3.8) is 0 Å². The fourth-order valence-corrected chi connectivity index (χ4v) is 9.00. The Balaban J connectivity index is 1.14. The number of nitrogens with zero attached hydrogens (tertiary/aromatic N) is 1. The predicted molar refractivity (Wildman–Crippen MR) is 127 cm³/mol. The molecule has 0 bridgehead atoms. The summed E-state index contributed by atoms with van der Waals surface area (Å²) in [5, 5.41) is 0. The Bertz CT molecular complexity index is 1200. The molecule has 3 fully saturated rings. The maximum atomic E-state index is 13.0. The van der Waals surface area contributed by atoms with Crippen molar-refractivity contribution in [1.82, 2.24) is 9.03 Å². The third kappa shape index (κ3) is 3.29. The number of halogens is 1. The zero-order valence-electron chi connectivity index (χ0n) is 19.4. The van der Waals surface area contributed by atoms with Crippen molar-refractivity contribution in [2.45, 2.75) is 44.6 Å². The molecule has 2 spiro atoms. The van der Waals surface area contributed by atoms with Crippen LogP contribution in [0, 0.1) is 23.1 Å². The molecule has 1 N–H and O–H groups in total. The Morgan fingerprint density at radius 2 is 1.79 bits per heavy atom. The van der Waals surface area contributed by atoms with E-state index >= 15 is 0 Å². The van der Waals surface area contributed by atoms with Crippen molar-refractivity contribution in [2.75, 3.05) is 26.3 Å². The summed E-state index contributed by atoms with van der Waals surface area (Å²) >= 11 is 0. The molecule has 2 saturated carbocycles. The lowest BCUT2D eigenvalue weighted by Gasteiger charge is -2.75. The lowest BCUT2D eigenvalue weighted by Crippen LogP contribution is -2.81. The second kappa shape index (κ2) is 7.93. The zero-order valence-corrected chi connectivity index (χ0v) is 20.2. The van der Waals surface area contributed by atoms with Gasteiger partial charge in [0.25, 0.3) is 10.2 Å². The van der Waals surface area contributed by atoms with Gasteiger partial charge in [-0.1, -0.05) is 13.0 Å². The summed E-state index contributed by atoms with van der Waals surface area (Å²) in [4.78, 5) is 0. The first-order valence-corrected chi connectivity index (χ1v) is 13.7. The van der Waals surface area contributed by atoms with Crippen LogP contribution in [-0.4, -0.2) is 44.6 Å². The maximum absolute atomic E-state index is 13.0. The Morgan fingerprint density at radius 1 is 1.06 bits per heavy atom. The molecule has 0 aromatic heterocycles. The molecule has 2 aromatic carbocycles. The van der Waals surface area contributed by atoms with E-state index in [0.29, 0.717) is 43.9 Å². The van der Waals surface area contributed by atoms with Crippen molar-refractivity contribution in [2.24, 2.45) is 17.3 Å². The molecule has 3 aliphatic carbocycles. The number of hydrogen-bond donors (Lipinski definition) is 1. The quantitative estimate of drug-likeness (QED) is 0.606. The molecule has 34 heavy (non-hydrogen) atoms. The molecule has 4 unspecified atom stereocenters. The van der Waals surface area contributed by atoms with Crippen molar-refractivity contribution >= 4 is 10.2 Å². The lowest BCUT2D eigenvalue weighted by molar-refractivity contribution is -0.224. The van der Waals surface area contributed by atoms with Gasteiger partial charge in [0.15, 0.2) is 0 Å². The van der Waals surface area contributed by atoms with Crippen LogP contribution in [0.5, 0.6) is 11.5 Å². The fraction of sp³-hybridized carbons (Fsp3) is 0.538. The topological polar surface area (TPSA) is 67.9 Å². The van der Waals surface area contributed by atoms with Gasteiger partial charge in [-0.15, -0.1) is 0 Å². The summed E-state index contributed by atoms with van der Waals surface area (Å²) in [5.74, 6) is 1.90. The normalized spacial score (nSPS) is 32.8. The molecule has 2 aromatic rings. The van der Waals surface area contributed by atoms with Gasteiger partial charge >= 0.3 is 0 Å². The second-order valence-electron chi connectivity index (χ2n) is 10.3. The van der Waals surface area contributed by atoms with E-state index < -0.39 is 10.2 Å². The van der Waals surface area contributed by atoms with Crippen LogP contribution in [0.2, 0.25) is 0 Å². The molecule has 4 aliphatic rings. The van der Waals surface area contributed by atoms with Gasteiger partial charge in [0.2, 0.25) is 0 Å². The summed E-state index contributed by atoms with van der Waals surface area (Å²) in [7, 11) is -3.40. The first-order valence-electron chi connectivity index (χ1n) is 12.3. The van der Waals surface area contributed by atoms with E-state index in [-0.39, 0.29) is 16.8 Å². The van der Waals surface area contributed by atoms with Gasteiger partial charge in [0.1, 0.15) is 30.5 Å². The van der Waals surface area contributed by atoms with E-state index in [0.717, 1.165) is 31.4 Å². The number of nitrogens with one attached hydrogen (secondary N) is 1. The van der Waals surface area contributed by atoms with Crippen molar-refractivity contribution in [3.8, 4) is 11.5 Å². The number of fused-ring (bicyclic) bond motifs is 3. The van der Waals surface area contributed by atoms with Crippen LogP contribution < -0.4 is 14.2 Å². The van der Waals surface area contributed by atoms with Gasteiger partial charge in [-0.25, -0.2) is 4.39 Å². The summed E-state index contributed by atoms with van der Waals surface area (Å²) in [6, 6.07) is 12.3. The standard InChI is InChI=1S/C26H31FN2O4S/c1-2-11-29-17-26(28-34(29,30)31)23-9-10-25(23)16-18-3-6-22(14-19(18)15-24(25)26)33-13-12-32-21-7-4-20(27)5-8-21/h3-8,14,23-24,28H,2,9-13,15-17H2,1H3. The monoisotopic (exact) mass is 486 g/mol. The molecular formula is C26H31FN2O4S. The smallest absolute Gasteiger partial charge is 0.280 e. The Hall–Kier alpha value is -2.16. The van der Waals surface area contributed by atoms with Crippen LogP contribution in [0.1, 0.15) is 37.3 Å². The molecule has 6 rings (SSSR count). The van der Waals surface area contributed by atoms with Crippen LogP contribution >= 0.6 is 0 Å². The van der Waals surface area contributed by atoms with Crippen molar-refractivity contribution < 1.29 is 22.3 Å². The highest BCUT2D eigenvalue weighted by Gasteiger charge is 2.77. The average molecular weight is 487 g/mol. The van der Waals surface area contributed by atoms with Gasteiger partial charge in [-0.05, 0) is 96.9 Å². The van der Waals surface area contributed by atoms with Crippen molar-refractivity contribution in [1.29, 1.82) is 0 Å². The predicted octanol–water partition coefficient (Wildman–Crippen LogP) is 3.71. The number of ether oxygens (including phenoxy) is 2. The highest BCUT2D eigenvalue weighted by atomic mass is 32.2. The van der Waals surface area contributed by atoms with E-state index in [1.807, 2.05) is 13.0 Å². The van der Waals surface area contributed by atoms with Gasteiger partial charge in [0, 0.05) is 13.1 Å². The average Bonchev–Trinajstić information content (AvgIpc) is 3.07. The van der Waals surface area contributed by atoms with E-state index in [9.17, 15) is 12.8 Å². The fourth-order valence-electron chi connectivity index (χ4n) is 7.23. The minimum Gasteiger partial charge on any atom is -0.490 e. The van der Waals surface area contributed by atoms with Gasteiger partial charge in [0.05, 0.1) is 5.54 Å². The van der Waals surface area contributed by atoms with Crippen molar-refractivity contribution in [3.05, 3.63) is 59.4 Å². The number of hydrogen-bond acceptors (Lipinski definition) is 4. The van der Waals surface area contributed by atoms with Crippen LogP contribution in [0.3, 0.4) is 0 Å². The van der Waals surface area contributed by atoms with Gasteiger partial charge < -0.3 is 9.47 Å².